The Morgan fingerprint density at radius 2 is 2.10 bits per heavy atom. The van der Waals surface area contributed by atoms with Crippen LogP contribution in [0.25, 0.3) is 11.5 Å². The largest absolute Gasteiger partial charge is 0.497 e. The molecule has 0 saturated heterocycles. The molecule has 0 bridgehead atoms. The lowest BCUT2D eigenvalue weighted by Crippen LogP contribution is -1.98. The van der Waals surface area contributed by atoms with E-state index in [4.69, 9.17) is 14.3 Å². The molecule has 0 unspecified atom stereocenters. The number of rotatable bonds is 6. The van der Waals surface area contributed by atoms with Crippen LogP contribution in [-0.2, 0) is 10.5 Å². The van der Waals surface area contributed by atoms with E-state index >= 15 is 0 Å². The Labute approximate surface area is 121 Å². The van der Waals surface area contributed by atoms with Crippen LogP contribution in [0, 0.1) is 6.92 Å². The zero-order chi connectivity index (χ0) is 14.5. The summed E-state index contributed by atoms with van der Waals surface area (Å²) in [5.41, 5.74) is 1.64. The van der Waals surface area contributed by atoms with Gasteiger partial charge in [-0.05, 0) is 31.2 Å². The van der Waals surface area contributed by atoms with Crippen LogP contribution in [0.5, 0.6) is 5.75 Å². The van der Waals surface area contributed by atoms with Crippen LogP contribution in [0.15, 0.2) is 28.7 Å². The number of carboxylic acid groups (broad SMARTS) is 1. The first-order valence-corrected chi connectivity index (χ1v) is 7.16. The van der Waals surface area contributed by atoms with Crippen LogP contribution >= 0.6 is 11.8 Å². The summed E-state index contributed by atoms with van der Waals surface area (Å²) in [6, 6.07) is 7.43. The van der Waals surface area contributed by atoms with E-state index in [1.54, 1.807) is 7.11 Å². The number of nitrogens with zero attached hydrogens (tertiary/aromatic N) is 1. The first-order valence-electron chi connectivity index (χ1n) is 6.00. The summed E-state index contributed by atoms with van der Waals surface area (Å²) in [5, 5.41) is 8.62. The predicted octanol–water partition coefficient (Wildman–Crippen LogP) is 2.98. The maximum Gasteiger partial charge on any atom is 0.313 e. The van der Waals surface area contributed by atoms with Gasteiger partial charge in [0.05, 0.1) is 18.6 Å². The van der Waals surface area contributed by atoms with E-state index in [-0.39, 0.29) is 5.75 Å². The highest BCUT2D eigenvalue weighted by atomic mass is 32.2. The molecule has 0 spiro atoms. The Balaban J connectivity index is 2.11. The van der Waals surface area contributed by atoms with Gasteiger partial charge in [0.15, 0.2) is 0 Å². The number of hydrogen-bond donors (Lipinski definition) is 1. The topological polar surface area (TPSA) is 72.6 Å². The van der Waals surface area contributed by atoms with Gasteiger partial charge in [-0.2, -0.15) is 0 Å². The highest BCUT2D eigenvalue weighted by molar-refractivity contribution is 7.99. The van der Waals surface area contributed by atoms with E-state index in [1.807, 2.05) is 31.2 Å². The SMILES string of the molecule is COc1ccc(-c2nc(CSCC(=O)O)c(C)o2)cc1. The predicted molar refractivity (Wildman–Crippen MR) is 77.0 cm³/mol. The number of ether oxygens (including phenoxy) is 1. The molecule has 1 aromatic carbocycles. The number of aryl methyl sites for hydroxylation is 1. The van der Waals surface area contributed by atoms with E-state index in [9.17, 15) is 4.79 Å². The third-order valence-corrected chi connectivity index (χ3v) is 3.62. The summed E-state index contributed by atoms with van der Waals surface area (Å²) in [4.78, 5) is 14.9. The van der Waals surface area contributed by atoms with Gasteiger partial charge in [-0.15, -0.1) is 11.8 Å². The molecule has 0 fully saturated rings. The van der Waals surface area contributed by atoms with Crippen LogP contribution in [-0.4, -0.2) is 28.9 Å². The molecule has 1 aromatic heterocycles. The first-order chi connectivity index (χ1) is 9.60. The van der Waals surface area contributed by atoms with Gasteiger partial charge in [0, 0.05) is 11.3 Å². The fourth-order valence-electron chi connectivity index (χ4n) is 1.65. The van der Waals surface area contributed by atoms with Crippen LogP contribution in [0.4, 0.5) is 0 Å². The van der Waals surface area contributed by atoms with E-state index < -0.39 is 5.97 Å². The number of hydrogen-bond acceptors (Lipinski definition) is 5. The molecule has 0 amide bonds. The zero-order valence-electron chi connectivity index (χ0n) is 11.3. The van der Waals surface area contributed by atoms with Gasteiger partial charge in [0.1, 0.15) is 11.5 Å². The maximum absolute atomic E-state index is 10.5. The molecule has 6 heteroatoms. The van der Waals surface area contributed by atoms with Crippen molar-refractivity contribution in [2.45, 2.75) is 12.7 Å². The number of aliphatic carboxylic acids is 1. The van der Waals surface area contributed by atoms with Gasteiger partial charge in [-0.1, -0.05) is 0 Å². The lowest BCUT2D eigenvalue weighted by atomic mass is 10.2. The molecule has 0 saturated carbocycles. The van der Waals surface area contributed by atoms with Crippen molar-refractivity contribution in [2.75, 3.05) is 12.9 Å². The van der Waals surface area contributed by atoms with Crippen molar-refractivity contribution in [1.82, 2.24) is 4.98 Å². The fraction of sp³-hybridized carbons (Fsp3) is 0.286. The second-order valence-electron chi connectivity index (χ2n) is 4.14. The normalized spacial score (nSPS) is 10.5. The van der Waals surface area contributed by atoms with Crippen molar-refractivity contribution in [3.8, 4) is 17.2 Å². The minimum atomic E-state index is -0.827. The Bertz CT molecular complexity index is 592. The molecule has 0 radical (unpaired) electrons. The second kappa shape index (κ2) is 6.47. The van der Waals surface area contributed by atoms with E-state index in [0.717, 1.165) is 17.0 Å². The smallest absolute Gasteiger partial charge is 0.313 e. The highest BCUT2D eigenvalue weighted by Gasteiger charge is 2.12. The Morgan fingerprint density at radius 1 is 1.40 bits per heavy atom. The fourth-order valence-corrected chi connectivity index (χ4v) is 2.39. The molecule has 5 nitrogen and oxygen atoms in total. The van der Waals surface area contributed by atoms with E-state index in [2.05, 4.69) is 4.98 Å². The Morgan fingerprint density at radius 3 is 2.70 bits per heavy atom. The average molecular weight is 293 g/mol. The molecule has 0 aliphatic heterocycles. The Kier molecular flexibility index (Phi) is 4.68. The molecule has 2 aromatic rings. The van der Waals surface area contributed by atoms with Crippen LogP contribution in [0.2, 0.25) is 0 Å². The van der Waals surface area contributed by atoms with Gasteiger partial charge >= 0.3 is 5.97 Å². The van der Waals surface area contributed by atoms with Gasteiger partial charge < -0.3 is 14.3 Å². The molecule has 106 valence electrons. The molecular weight excluding hydrogens is 278 g/mol. The second-order valence-corrected chi connectivity index (χ2v) is 5.12. The van der Waals surface area contributed by atoms with Crippen LogP contribution < -0.4 is 4.74 Å². The van der Waals surface area contributed by atoms with Crippen molar-refractivity contribution in [2.24, 2.45) is 0 Å². The lowest BCUT2D eigenvalue weighted by molar-refractivity contribution is -0.133. The van der Waals surface area contributed by atoms with Gasteiger partial charge in [-0.25, -0.2) is 4.98 Å². The van der Waals surface area contributed by atoms with Crippen molar-refractivity contribution in [3.05, 3.63) is 35.7 Å². The number of methoxy groups -OCH3 is 1. The first kappa shape index (κ1) is 14.5. The number of carboxylic acids is 1. The summed E-state index contributed by atoms with van der Waals surface area (Å²) in [7, 11) is 1.61. The molecule has 0 atom stereocenters. The average Bonchev–Trinajstić information content (AvgIpc) is 2.80. The minimum absolute atomic E-state index is 0.0597. The molecule has 0 aliphatic rings. The van der Waals surface area contributed by atoms with Crippen molar-refractivity contribution < 1.29 is 19.1 Å². The van der Waals surface area contributed by atoms with E-state index in [0.29, 0.717) is 17.4 Å². The number of carbonyl (C=O) groups is 1. The number of thioether (sulfide) groups is 1. The minimum Gasteiger partial charge on any atom is -0.497 e. The Hall–Kier alpha value is -1.95. The van der Waals surface area contributed by atoms with Crippen LogP contribution in [0.3, 0.4) is 0 Å². The standard InChI is InChI=1S/C14H15NO4S/c1-9-12(7-20-8-13(16)17)15-14(19-9)10-3-5-11(18-2)6-4-10/h3-6H,7-8H2,1-2H3,(H,16,17). The summed E-state index contributed by atoms with van der Waals surface area (Å²) in [5.74, 6) is 1.78. The van der Waals surface area contributed by atoms with Gasteiger partial charge in [0.25, 0.3) is 0 Å². The molecule has 1 heterocycles. The van der Waals surface area contributed by atoms with E-state index in [1.165, 1.54) is 11.8 Å². The summed E-state index contributed by atoms with van der Waals surface area (Å²) in [6.45, 7) is 1.83. The summed E-state index contributed by atoms with van der Waals surface area (Å²) < 4.78 is 10.7. The molecular formula is C14H15NO4S. The summed E-state index contributed by atoms with van der Waals surface area (Å²) in [6.07, 6.45) is 0. The van der Waals surface area contributed by atoms with Gasteiger partial charge in [0.2, 0.25) is 5.89 Å². The van der Waals surface area contributed by atoms with Gasteiger partial charge in [-0.3, -0.25) is 4.79 Å². The monoisotopic (exact) mass is 293 g/mol. The molecule has 20 heavy (non-hydrogen) atoms. The highest BCUT2D eigenvalue weighted by Crippen LogP contribution is 2.25. The summed E-state index contributed by atoms with van der Waals surface area (Å²) >= 11 is 1.30. The van der Waals surface area contributed by atoms with Crippen LogP contribution in [0.1, 0.15) is 11.5 Å². The van der Waals surface area contributed by atoms with Crippen molar-refractivity contribution in [3.63, 3.8) is 0 Å². The molecule has 2 rings (SSSR count). The molecule has 0 aliphatic carbocycles. The van der Waals surface area contributed by atoms with Crippen molar-refractivity contribution in [1.29, 1.82) is 0 Å². The van der Waals surface area contributed by atoms with Crippen molar-refractivity contribution >= 4 is 17.7 Å². The quantitative estimate of drug-likeness (QED) is 0.882. The lowest BCUT2D eigenvalue weighted by Gasteiger charge is -1.99. The molecule has 1 N–H and O–H groups in total. The number of benzene rings is 1. The third kappa shape index (κ3) is 3.54. The number of aromatic nitrogens is 1. The zero-order valence-corrected chi connectivity index (χ0v) is 12.1. The third-order valence-electron chi connectivity index (χ3n) is 2.69. The maximum atomic E-state index is 10.5. The number of oxazole rings is 1.